The Bertz CT molecular complexity index is 183. The van der Waals surface area contributed by atoms with Crippen molar-refractivity contribution < 1.29 is 4.79 Å². The van der Waals surface area contributed by atoms with Crippen molar-refractivity contribution in [2.75, 3.05) is 0 Å². The Morgan fingerprint density at radius 1 is 1.78 bits per heavy atom. The molecule has 1 aliphatic rings. The van der Waals surface area contributed by atoms with Crippen LogP contribution in [0.2, 0.25) is 0 Å². The van der Waals surface area contributed by atoms with E-state index in [1.165, 1.54) is 13.1 Å². The summed E-state index contributed by atoms with van der Waals surface area (Å²) in [6.45, 7) is 1.43. The van der Waals surface area contributed by atoms with Crippen LogP contribution in [0.25, 0.3) is 0 Å². The summed E-state index contributed by atoms with van der Waals surface area (Å²) >= 11 is 0. The molecule has 0 aliphatic carbocycles. The predicted octanol–water partition coefficient (Wildman–Crippen LogP) is -0.432. The molecule has 1 heterocycles. The number of amides is 1. The molecule has 0 unspecified atom stereocenters. The molecule has 1 radical (unpaired) electrons. The maximum atomic E-state index is 10.3. The van der Waals surface area contributed by atoms with Crippen LogP contribution in [0.3, 0.4) is 0 Å². The summed E-state index contributed by atoms with van der Waals surface area (Å²) in [6.07, 6.45) is 3.15. The van der Waals surface area contributed by atoms with E-state index in [2.05, 4.69) is 15.8 Å². The van der Waals surface area contributed by atoms with Crippen LogP contribution in [0, 0.1) is 0 Å². The van der Waals surface area contributed by atoms with Crippen LogP contribution in [0.5, 0.6) is 0 Å². The van der Waals surface area contributed by atoms with Gasteiger partial charge in [-0.25, -0.2) is 0 Å². The fourth-order valence-corrected chi connectivity index (χ4v) is 0.480. The lowest BCUT2D eigenvalue weighted by Gasteiger charge is -1.96. The molecule has 0 saturated carbocycles. The Hall–Kier alpha value is -1.32. The molecule has 0 spiro atoms. The Morgan fingerprint density at radius 3 is 3.00 bits per heavy atom. The molecule has 9 heavy (non-hydrogen) atoms. The van der Waals surface area contributed by atoms with Crippen molar-refractivity contribution in [2.24, 2.45) is 5.10 Å². The van der Waals surface area contributed by atoms with Crippen molar-refractivity contribution in [2.45, 2.75) is 6.92 Å². The van der Waals surface area contributed by atoms with Crippen LogP contribution in [0.15, 0.2) is 17.0 Å². The summed E-state index contributed by atoms with van der Waals surface area (Å²) in [4.78, 5) is 10.3. The largest absolute Gasteiger partial charge is 0.309 e. The van der Waals surface area contributed by atoms with E-state index in [0.717, 1.165) is 0 Å². The summed E-state index contributed by atoms with van der Waals surface area (Å²) in [7, 11) is 0. The Balaban J connectivity index is 2.39. The lowest BCUT2D eigenvalue weighted by atomic mass is 10.6. The molecule has 0 fully saturated rings. The van der Waals surface area contributed by atoms with Crippen LogP contribution in [-0.4, -0.2) is 12.1 Å². The molecule has 0 bridgehead atoms. The van der Waals surface area contributed by atoms with Gasteiger partial charge in [-0.1, -0.05) is 0 Å². The van der Waals surface area contributed by atoms with Gasteiger partial charge in [-0.2, -0.15) is 5.10 Å². The number of hydrogen-bond acceptors (Lipinski definition) is 2. The minimum atomic E-state index is -0.129. The third kappa shape index (κ3) is 1.56. The highest BCUT2D eigenvalue weighted by Crippen LogP contribution is 1.89. The van der Waals surface area contributed by atoms with E-state index in [1.54, 1.807) is 6.08 Å². The first kappa shape index (κ1) is 5.81. The highest BCUT2D eigenvalue weighted by atomic mass is 16.1. The summed E-state index contributed by atoms with van der Waals surface area (Å²) in [6, 6.07) is 0. The molecule has 4 heteroatoms. The average Bonchev–Trinajstić information content (AvgIpc) is 2.15. The second kappa shape index (κ2) is 2.30. The molecule has 4 nitrogen and oxygen atoms in total. The first-order chi connectivity index (χ1) is 4.29. The number of rotatable bonds is 1. The second-order valence-corrected chi connectivity index (χ2v) is 1.60. The first-order valence-electron chi connectivity index (χ1n) is 2.51. The number of nitrogens with zero attached hydrogens (tertiary/aromatic N) is 2. The van der Waals surface area contributed by atoms with Crippen molar-refractivity contribution >= 4 is 12.1 Å². The van der Waals surface area contributed by atoms with Crippen molar-refractivity contribution in [1.82, 2.24) is 10.7 Å². The van der Waals surface area contributed by atoms with E-state index in [4.69, 9.17) is 0 Å². The monoisotopic (exact) mass is 124 g/mol. The highest BCUT2D eigenvalue weighted by Gasteiger charge is 2.01. The fourth-order valence-electron chi connectivity index (χ4n) is 0.480. The zero-order valence-corrected chi connectivity index (χ0v) is 4.96. The third-order valence-corrected chi connectivity index (χ3v) is 0.769. The van der Waals surface area contributed by atoms with Crippen LogP contribution < -0.4 is 10.7 Å². The molecular formula is C5H6N3O. The topological polar surface area (TPSA) is 55.6 Å². The van der Waals surface area contributed by atoms with E-state index >= 15 is 0 Å². The maximum absolute atomic E-state index is 10.3. The van der Waals surface area contributed by atoms with Gasteiger partial charge in [0.1, 0.15) is 0 Å². The van der Waals surface area contributed by atoms with Gasteiger partial charge in [0.25, 0.3) is 0 Å². The van der Waals surface area contributed by atoms with Crippen LogP contribution >= 0.6 is 0 Å². The SMILES string of the molecule is CC(=O)NC1=CC=N[N]1. The minimum Gasteiger partial charge on any atom is -0.309 e. The molecule has 0 aromatic heterocycles. The van der Waals surface area contributed by atoms with Gasteiger partial charge in [0, 0.05) is 13.0 Å². The Kier molecular flexibility index (Phi) is 1.48. The maximum Gasteiger partial charge on any atom is 0.222 e. The van der Waals surface area contributed by atoms with Gasteiger partial charge >= 0.3 is 0 Å². The molecule has 1 amide bonds. The average molecular weight is 124 g/mol. The molecule has 0 saturated heterocycles. The van der Waals surface area contributed by atoms with Gasteiger partial charge < -0.3 is 5.32 Å². The lowest BCUT2D eigenvalue weighted by Crippen LogP contribution is -2.21. The van der Waals surface area contributed by atoms with Crippen LogP contribution in [0.1, 0.15) is 6.92 Å². The molecular weight excluding hydrogens is 118 g/mol. The second-order valence-electron chi connectivity index (χ2n) is 1.60. The van der Waals surface area contributed by atoms with Gasteiger partial charge in [0.05, 0.1) is 6.21 Å². The van der Waals surface area contributed by atoms with Crippen molar-refractivity contribution in [1.29, 1.82) is 0 Å². The van der Waals surface area contributed by atoms with Gasteiger partial charge in [-0.15, -0.1) is 5.43 Å². The fraction of sp³-hybridized carbons (Fsp3) is 0.200. The molecule has 1 N–H and O–H groups in total. The number of carbonyl (C=O) groups is 1. The van der Waals surface area contributed by atoms with Crippen LogP contribution in [0.4, 0.5) is 0 Å². The van der Waals surface area contributed by atoms with E-state index in [9.17, 15) is 4.79 Å². The highest BCUT2D eigenvalue weighted by molar-refractivity contribution is 5.79. The molecule has 1 rings (SSSR count). The van der Waals surface area contributed by atoms with Crippen molar-refractivity contribution in [3.8, 4) is 0 Å². The quantitative estimate of drug-likeness (QED) is 0.506. The van der Waals surface area contributed by atoms with Gasteiger partial charge in [-0.3, -0.25) is 4.79 Å². The summed E-state index contributed by atoms with van der Waals surface area (Å²) in [5.41, 5.74) is 3.57. The molecule has 0 aromatic carbocycles. The molecule has 1 aliphatic heterocycles. The first-order valence-corrected chi connectivity index (χ1v) is 2.51. The van der Waals surface area contributed by atoms with Gasteiger partial charge in [0.2, 0.25) is 5.91 Å². The zero-order chi connectivity index (χ0) is 6.69. The van der Waals surface area contributed by atoms with E-state index in [-0.39, 0.29) is 5.91 Å². The Labute approximate surface area is 52.6 Å². The zero-order valence-electron chi connectivity index (χ0n) is 4.96. The predicted molar refractivity (Wildman–Crippen MR) is 32.5 cm³/mol. The smallest absolute Gasteiger partial charge is 0.222 e. The summed E-state index contributed by atoms with van der Waals surface area (Å²) < 4.78 is 0. The van der Waals surface area contributed by atoms with Crippen LogP contribution in [-0.2, 0) is 4.79 Å². The molecule has 0 aromatic rings. The lowest BCUT2D eigenvalue weighted by molar-refractivity contribution is -0.118. The van der Waals surface area contributed by atoms with E-state index in [0.29, 0.717) is 5.82 Å². The molecule has 47 valence electrons. The normalized spacial score (nSPS) is 14.6. The number of nitrogens with one attached hydrogen (secondary N) is 1. The van der Waals surface area contributed by atoms with Crippen molar-refractivity contribution in [3.05, 3.63) is 11.9 Å². The number of hydrogen-bond donors (Lipinski definition) is 1. The number of allylic oxidation sites excluding steroid dienone is 1. The number of carbonyl (C=O) groups excluding carboxylic acids is 1. The van der Waals surface area contributed by atoms with E-state index in [1.807, 2.05) is 0 Å². The third-order valence-electron chi connectivity index (χ3n) is 0.769. The summed E-state index contributed by atoms with van der Waals surface area (Å²) in [5, 5.41) is 5.98. The Morgan fingerprint density at radius 2 is 2.56 bits per heavy atom. The molecule has 0 atom stereocenters. The summed E-state index contributed by atoms with van der Waals surface area (Å²) in [5.74, 6) is 0.373. The van der Waals surface area contributed by atoms with Crippen molar-refractivity contribution in [3.63, 3.8) is 0 Å². The van der Waals surface area contributed by atoms with E-state index < -0.39 is 0 Å². The minimum absolute atomic E-state index is 0.129. The standard InChI is InChI=1S/C5H6N3O/c1-4(9)7-5-2-3-6-8-5/h2-3H,1H3,(H,7,9). The van der Waals surface area contributed by atoms with Gasteiger partial charge in [0.15, 0.2) is 5.82 Å². The van der Waals surface area contributed by atoms with Gasteiger partial charge in [-0.05, 0) is 0 Å².